The van der Waals surface area contributed by atoms with Crippen LogP contribution < -0.4 is 0 Å². The Morgan fingerprint density at radius 3 is 1.45 bits per heavy atom. The molecule has 7 heteroatoms. The molecule has 0 aromatic rings. The maximum atomic E-state index is 9.12. The molecular weight excluding hydrogens is 165 g/mol. The van der Waals surface area contributed by atoms with E-state index in [-0.39, 0.29) is 35.0 Å². The third kappa shape index (κ3) is 222. The van der Waals surface area contributed by atoms with E-state index in [2.05, 4.69) is 0 Å². The van der Waals surface area contributed by atoms with Gasteiger partial charge in [0, 0.05) is 6.92 Å². The third-order valence-electron chi connectivity index (χ3n) is 0.123. The molecule has 0 unspecified atom stereocenters. The summed E-state index contributed by atoms with van der Waals surface area (Å²) in [6.45, 7) is 1.08. The van der Waals surface area contributed by atoms with Crippen LogP contribution in [0.2, 0.25) is 0 Å². The van der Waals surface area contributed by atoms with Gasteiger partial charge in [0.05, 0.1) is 0 Å². The van der Waals surface area contributed by atoms with Crippen molar-refractivity contribution in [2.45, 2.75) is 6.92 Å². The van der Waals surface area contributed by atoms with Crippen molar-refractivity contribution in [3.63, 3.8) is 0 Å². The van der Waals surface area contributed by atoms with E-state index in [4.69, 9.17) is 25.2 Å². The molecule has 0 aliphatic heterocycles. The van der Waals surface area contributed by atoms with Gasteiger partial charge in [0.15, 0.2) is 0 Å². The SMILES string of the molecule is CC(=O)O.N=CC(=O)O.O.[NaH]. The van der Waals surface area contributed by atoms with Crippen LogP contribution in [0, 0.1) is 5.41 Å². The summed E-state index contributed by atoms with van der Waals surface area (Å²) in [5, 5.41) is 20.8. The fourth-order valence-electron chi connectivity index (χ4n) is 0. The zero-order valence-electron chi connectivity index (χ0n) is 5.29. The molecule has 5 N–H and O–H groups in total. The van der Waals surface area contributed by atoms with Gasteiger partial charge in [-0.2, -0.15) is 0 Å². The van der Waals surface area contributed by atoms with E-state index >= 15 is 0 Å². The Bertz CT molecular complexity index is 122. The topological polar surface area (TPSA) is 130 Å². The number of rotatable bonds is 1. The number of carbonyl (C=O) groups is 2. The van der Waals surface area contributed by atoms with Crippen LogP contribution in [0.15, 0.2) is 0 Å². The van der Waals surface area contributed by atoms with E-state index in [0.717, 1.165) is 6.92 Å². The van der Waals surface area contributed by atoms with Crippen molar-refractivity contribution in [1.82, 2.24) is 0 Å². The van der Waals surface area contributed by atoms with Crippen LogP contribution in [0.25, 0.3) is 0 Å². The van der Waals surface area contributed by atoms with Gasteiger partial charge in [-0.1, -0.05) is 0 Å². The summed E-state index contributed by atoms with van der Waals surface area (Å²) in [5.41, 5.74) is 0. The van der Waals surface area contributed by atoms with E-state index in [1.165, 1.54) is 0 Å². The zero-order chi connectivity index (χ0) is 7.86. The first-order valence-electron chi connectivity index (χ1n) is 1.93. The van der Waals surface area contributed by atoms with Gasteiger partial charge < -0.3 is 21.1 Å². The van der Waals surface area contributed by atoms with Gasteiger partial charge in [0.1, 0.15) is 6.21 Å². The summed E-state index contributed by atoms with van der Waals surface area (Å²) in [7, 11) is 0. The molecular formula is C4H10NNaO5. The normalized spacial score (nSPS) is 5.18. The second-order valence-electron chi connectivity index (χ2n) is 1.00. The number of nitrogens with one attached hydrogen (secondary N) is 1. The molecule has 0 saturated carbocycles. The molecule has 0 rings (SSSR count). The van der Waals surface area contributed by atoms with Crippen LogP contribution in [0.5, 0.6) is 0 Å². The van der Waals surface area contributed by atoms with Crippen molar-refractivity contribution in [3.05, 3.63) is 0 Å². The first-order chi connectivity index (χ1) is 4.00. The van der Waals surface area contributed by atoms with Crippen LogP contribution in [0.3, 0.4) is 0 Å². The van der Waals surface area contributed by atoms with Crippen LogP contribution >= 0.6 is 0 Å². The molecule has 62 valence electrons. The Kier molecular flexibility index (Phi) is 33.2. The monoisotopic (exact) mass is 175 g/mol. The summed E-state index contributed by atoms with van der Waals surface area (Å²) >= 11 is 0. The summed E-state index contributed by atoms with van der Waals surface area (Å²) in [4.78, 5) is 18.1. The van der Waals surface area contributed by atoms with E-state index in [0.29, 0.717) is 6.21 Å². The van der Waals surface area contributed by atoms with Crippen molar-refractivity contribution in [2.24, 2.45) is 0 Å². The first-order valence-corrected chi connectivity index (χ1v) is 1.93. The van der Waals surface area contributed by atoms with Crippen molar-refractivity contribution in [3.8, 4) is 0 Å². The number of carboxylic acids is 2. The van der Waals surface area contributed by atoms with Gasteiger partial charge in [-0.3, -0.25) is 4.79 Å². The van der Waals surface area contributed by atoms with Crippen molar-refractivity contribution in [1.29, 1.82) is 5.41 Å². The second kappa shape index (κ2) is 16.3. The molecule has 0 spiro atoms. The minimum atomic E-state index is -1.20. The summed E-state index contributed by atoms with van der Waals surface area (Å²) in [5.74, 6) is -2.04. The Morgan fingerprint density at radius 2 is 1.45 bits per heavy atom. The van der Waals surface area contributed by atoms with Gasteiger partial charge in [0.2, 0.25) is 0 Å². The summed E-state index contributed by atoms with van der Waals surface area (Å²) in [6, 6.07) is 0. The van der Waals surface area contributed by atoms with Gasteiger partial charge in [-0.05, 0) is 0 Å². The molecule has 11 heavy (non-hydrogen) atoms. The fourth-order valence-corrected chi connectivity index (χ4v) is 0. The van der Waals surface area contributed by atoms with Gasteiger partial charge in [-0.15, -0.1) is 0 Å². The number of aliphatic carboxylic acids is 2. The van der Waals surface area contributed by atoms with Crippen LogP contribution in [-0.4, -0.2) is 63.4 Å². The standard InChI is InChI=1S/C2H3NO2.C2H4O2.Na.H2O.H/c3-1-2(4)5;1-2(3)4;;;/h1,3H,(H,4,5);1H3,(H,3,4);;1H2;. The predicted molar refractivity (Wildman–Crippen MR) is 40.5 cm³/mol. The van der Waals surface area contributed by atoms with Crippen LogP contribution in [0.1, 0.15) is 6.92 Å². The van der Waals surface area contributed by atoms with Crippen LogP contribution in [-0.2, 0) is 9.59 Å². The molecule has 0 radical (unpaired) electrons. The molecule has 0 amide bonds. The van der Waals surface area contributed by atoms with Gasteiger partial charge in [0.25, 0.3) is 5.97 Å². The average molecular weight is 175 g/mol. The molecule has 0 aromatic heterocycles. The Hall–Kier alpha value is -0.430. The number of hydrogen-bond donors (Lipinski definition) is 3. The number of hydrogen-bond acceptors (Lipinski definition) is 3. The Morgan fingerprint density at radius 1 is 1.36 bits per heavy atom. The molecule has 0 saturated heterocycles. The molecule has 0 atom stereocenters. The molecule has 0 bridgehead atoms. The van der Waals surface area contributed by atoms with E-state index in [1.807, 2.05) is 0 Å². The number of carboxylic acid groups (broad SMARTS) is 2. The third-order valence-corrected chi connectivity index (χ3v) is 0.123. The van der Waals surface area contributed by atoms with Crippen molar-refractivity contribution >= 4 is 47.7 Å². The predicted octanol–water partition coefficient (Wildman–Crippen LogP) is -1.66. The Labute approximate surface area is 85.3 Å². The molecule has 0 aromatic carbocycles. The minimum absolute atomic E-state index is 0. The molecule has 6 nitrogen and oxygen atoms in total. The zero-order valence-corrected chi connectivity index (χ0v) is 5.29. The summed E-state index contributed by atoms with van der Waals surface area (Å²) in [6.07, 6.45) is 0.333. The van der Waals surface area contributed by atoms with E-state index in [9.17, 15) is 0 Å². The summed E-state index contributed by atoms with van der Waals surface area (Å²) < 4.78 is 0. The van der Waals surface area contributed by atoms with Gasteiger partial charge in [-0.25, -0.2) is 4.79 Å². The second-order valence-corrected chi connectivity index (χ2v) is 1.00. The molecule has 0 fully saturated rings. The van der Waals surface area contributed by atoms with Gasteiger partial charge >= 0.3 is 35.5 Å². The van der Waals surface area contributed by atoms with E-state index < -0.39 is 11.9 Å². The first kappa shape index (κ1) is 22.4. The van der Waals surface area contributed by atoms with E-state index in [1.54, 1.807) is 0 Å². The van der Waals surface area contributed by atoms with Crippen molar-refractivity contribution < 1.29 is 25.3 Å². The molecule has 0 aliphatic carbocycles. The Balaban J connectivity index is -0.0000000383. The maximum absolute atomic E-state index is 9.12. The quantitative estimate of drug-likeness (QED) is 0.325. The van der Waals surface area contributed by atoms with Crippen LogP contribution in [0.4, 0.5) is 0 Å². The molecule has 0 aliphatic rings. The fraction of sp³-hybridized carbons (Fsp3) is 0.250. The van der Waals surface area contributed by atoms with Crippen molar-refractivity contribution in [2.75, 3.05) is 0 Å². The molecule has 0 heterocycles. The average Bonchev–Trinajstić information content (AvgIpc) is 1.65.